The zero-order chi connectivity index (χ0) is 16.8. The van der Waals surface area contributed by atoms with E-state index in [2.05, 4.69) is 24.4 Å². The maximum atomic E-state index is 12.8. The molecule has 1 N–H and O–H groups in total. The Hall–Kier alpha value is -2.87. The second kappa shape index (κ2) is 7.14. The molecule has 0 aliphatic rings. The summed E-state index contributed by atoms with van der Waals surface area (Å²) < 4.78 is 0. The van der Waals surface area contributed by atoms with Crippen molar-refractivity contribution < 1.29 is 4.79 Å². The number of rotatable bonds is 6. The Bertz CT molecular complexity index is 784. The van der Waals surface area contributed by atoms with E-state index in [0.717, 1.165) is 16.8 Å². The summed E-state index contributed by atoms with van der Waals surface area (Å²) in [5.74, 6) is 0.130. The topological polar surface area (TPSA) is 29.1 Å². The Balaban J connectivity index is 1.92. The predicted molar refractivity (Wildman–Crippen MR) is 99.2 cm³/mol. The van der Waals surface area contributed by atoms with Gasteiger partial charge in [0.05, 0.1) is 5.54 Å². The molecule has 3 rings (SSSR count). The van der Waals surface area contributed by atoms with Gasteiger partial charge in [0.25, 0.3) is 0 Å². The van der Waals surface area contributed by atoms with E-state index in [1.54, 1.807) is 0 Å². The summed E-state index contributed by atoms with van der Waals surface area (Å²) >= 11 is 0. The number of hydrogen-bond acceptors (Lipinski definition) is 2. The quantitative estimate of drug-likeness (QED) is 0.626. The first-order valence-corrected chi connectivity index (χ1v) is 8.14. The van der Waals surface area contributed by atoms with E-state index >= 15 is 0 Å². The van der Waals surface area contributed by atoms with Gasteiger partial charge in [-0.3, -0.25) is 4.79 Å². The predicted octanol–water partition coefficient (Wildman–Crippen LogP) is 5.29. The number of nitrogens with one attached hydrogen (secondary N) is 1. The lowest BCUT2D eigenvalue weighted by molar-refractivity contribution is 0.0960. The van der Waals surface area contributed by atoms with Crippen LogP contribution >= 0.6 is 0 Å². The normalized spacial score (nSPS) is 13.0. The molecule has 0 aliphatic carbocycles. The molecule has 3 aromatic carbocycles. The average molecular weight is 315 g/mol. The van der Waals surface area contributed by atoms with Crippen LogP contribution in [0.15, 0.2) is 91.0 Å². The fraction of sp³-hybridized carbons (Fsp3) is 0.136. The molecule has 2 heteroatoms. The second-order valence-electron chi connectivity index (χ2n) is 6.16. The number of hydrogen-bond donors (Lipinski definition) is 1. The molecule has 0 spiro atoms. The smallest absolute Gasteiger partial charge is 0.165 e. The van der Waals surface area contributed by atoms with Crippen LogP contribution in [-0.2, 0) is 5.54 Å². The number of ketones is 1. The van der Waals surface area contributed by atoms with Gasteiger partial charge in [-0.1, -0.05) is 78.9 Å². The molecule has 120 valence electrons. The molecule has 0 saturated carbocycles. The SMILES string of the molecule is CC(CC(=O)c1ccccc1)(Nc1ccccc1)c1ccccc1. The van der Waals surface area contributed by atoms with E-state index in [1.165, 1.54) is 0 Å². The van der Waals surface area contributed by atoms with Gasteiger partial charge in [0.2, 0.25) is 0 Å². The van der Waals surface area contributed by atoms with Gasteiger partial charge in [-0.05, 0) is 24.6 Å². The summed E-state index contributed by atoms with van der Waals surface area (Å²) in [6.45, 7) is 2.08. The van der Waals surface area contributed by atoms with Crippen molar-refractivity contribution in [3.63, 3.8) is 0 Å². The zero-order valence-electron chi connectivity index (χ0n) is 13.8. The molecule has 0 heterocycles. The molecule has 0 fully saturated rings. The van der Waals surface area contributed by atoms with Crippen LogP contribution in [0.2, 0.25) is 0 Å². The summed E-state index contributed by atoms with van der Waals surface area (Å²) in [5.41, 5.74) is 2.37. The van der Waals surface area contributed by atoms with Gasteiger partial charge >= 0.3 is 0 Å². The summed E-state index contributed by atoms with van der Waals surface area (Å²) in [5, 5.41) is 3.55. The fourth-order valence-electron chi connectivity index (χ4n) is 2.91. The Labute approximate surface area is 143 Å². The summed E-state index contributed by atoms with van der Waals surface area (Å²) in [4.78, 5) is 12.8. The van der Waals surface area contributed by atoms with Crippen LogP contribution < -0.4 is 5.32 Å². The first kappa shape index (κ1) is 16.0. The van der Waals surface area contributed by atoms with Gasteiger partial charge in [0.15, 0.2) is 5.78 Å². The first-order chi connectivity index (χ1) is 11.7. The highest BCUT2D eigenvalue weighted by Crippen LogP contribution is 2.30. The van der Waals surface area contributed by atoms with Crippen molar-refractivity contribution in [2.75, 3.05) is 5.32 Å². The van der Waals surface area contributed by atoms with E-state index in [9.17, 15) is 4.79 Å². The summed E-state index contributed by atoms with van der Waals surface area (Å²) in [6.07, 6.45) is 0.385. The Morgan fingerprint density at radius 3 is 1.88 bits per heavy atom. The van der Waals surface area contributed by atoms with Crippen LogP contribution in [0.3, 0.4) is 0 Å². The van der Waals surface area contributed by atoms with Crippen LogP contribution in [-0.4, -0.2) is 5.78 Å². The van der Waals surface area contributed by atoms with Crippen LogP contribution in [0, 0.1) is 0 Å². The molecule has 2 nitrogen and oxygen atoms in total. The first-order valence-electron chi connectivity index (χ1n) is 8.14. The second-order valence-corrected chi connectivity index (χ2v) is 6.16. The lowest BCUT2D eigenvalue weighted by Gasteiger charge is -2.32. The molecule has 0 bridgehead atoms. The molecule has 24 heavy (non-hydrogen) atoms. The van der Waals surface area contributed by atoms with Crippen molar-refractivity contribution >= 4 is 11.5 Å². The van der Waals surface area contributed by atoms with E-state index in [0.29, 0.717) is 6.42 Å². The molecule has 0 saturated heterocycles. The van der Waals surface area contributed by atoms with E-state index in [4.69, 9.17) is 0 Å². The lowest BCUT2D eigenvalue weighted by atomic mass is 9.85. The minimum absolute atomic E-state index is 0.130. The molecule has 0 amide bonds. The van der Waals surface area contributed by atoms with Crippen molar-refractivity contribution in [3.05, 3.63) is 102 Å². The summed E-state index contributed by atoms with van der Waals surface area (Å²) in [7, 11) is 0. The highest BCUT2D eigenvalue weighted by Gasteiger charge is 2.29. The third-order valence-corrected chi connectivity index (χ3v) is 4.21. The van der Waals surface area contributed by atoms with E-state index in [1.807, 2.05) is 78.9 Å². The Kier molecular flexibility index (Phi) is 4.76. The zero-order valence-corrected chi connectivity index (χ0v) is 13.8. The van der Waals surface area contributed by atoms with Crippen LogP contribution in [0.5, 0.6) is 0 Å². The maximum absolute atomic E-state index is 12.8. The van der Waals surface area contributed by atoms with Gasteiger partial charge in [0.1, 0.15) is 0 Å². The molecule has 0 aromatic heterocycles. The number of carbonyl (C=O) groups is 1. The fourth-order valence-corrected chi connectivity index (χ4v) is 2.91. The standard InChI is InChI=1S/C22H21NO/c1-22(19-13-7-3-8-14-19,23-20-15-9-4-10-16-20)17-21(24)18-11-5-2-6-12-18/h2-16,23H,17H2,1H3. The third kappa shape index (κ3) is 3.72. The molecule has 0 radical (unpaired) electrons. The number of Topliss-reactive ketones (excluding diaryl/α,β-unsaturated/α-hetero) is 1. The van der Waals surface area contributed by atoms with Crippen molar-refractivity contribution in [2.45, 2.75) is 18.9 Å². The minimum Gasteiger partial charge on any atom is -0.375 e. The molecular formula is C22H21NO. The van der Waals surface area contributed by atoms with E-state index in [-0.39, 0.29) is 5.78 Å². The minimum atomic E-state index is -0.477. The Morgan fingerprint density at radius 2 is 1.29 bits per heavy atom. The van der Waals surface area contributed by atoms with E-state index < -0.39 is 5.54 Å². The third-order valence-electron chi connectivity index (χ3n) is 4.21. The van der Waals surface area contributed by atoms with Crippen LogP contribution in [0.25, 0.3) is 0 Å². The molecule has 1 atom stereocenters. The highest BCUT2D eigenvalue weighted by atomic mass is 16.1. The van der Waals surface area contributed by atoms with Gasteiger partial charge in [-0.25, -0.2) is 0 Å². The maximum Gasteiger partial charge on any atom is 0.165 e. The summed E-state index contributed by atoms with van der Waals surface area (Å²) in [6, 6.07) is 29.6. The lowest BCUT2D eigenvalue weighted by Crippen LogP contribution is -2.34. The van der Waals surface area contributed by atoms with Gasteiger partial charge in [0, 0.05) is 17.7 Å². The molecule has 3 aromatic rings. The van der Waals surface area contributed by atoms with Crippen LogP contribution in [0.1, 0.15) is 29.3 Å². The molecule has 0 aliphatic heterocycles. The number of anilines is 1. The van der Waals surface area contributed by atoms with Crippen LogP contribution in [0.4, 0.5) is 5.69 Å². The van der Waals surface area contributed by atoms with Gasteiger partial charge < -0.3 is 5.32 Å². The van der Waals surface area contributed by atoms with Crippen molar-refractivity contribution in [2.24, 2.45) is 0 Å². The number of benzene rings is 3. The monoisotopic (exact) mass is 315 g/mol. The number of carbonyl (C=O) groups excluding carboxylic acids is 1. The molecule has 1 unspecified atom stereocenters. The number of para-hydroxylation sites is 1. The van der Waals surface area contributed by atoms with Crippen molar-refractivity contribution in [1.82, 2.24) is 0 Å². The highest BCUT2D eigenvalue weighted by molar-refractivity contribution is 5.97. The van der Waals surface area contributed by atoms with Gasteiger partial charge in [-0.2, -0.15) is 0 Å². The molecular weight excluding hydrogens is 294 g/mol. The average Bonchev–Trinajstić information content (AvgIpc) is 2.64. The van der Waals surface area contributed by atoms with Crippen molar-refractivity contribution in [3.8, 4) is 0 Å². The van der Waals surface area contributed by atoms with Gasteiger partial charge in [-0.15, -0.1) is 0 Å². The Morgan fingerprint density at radius 1 is 0.792 bits per heavy atom. The largest absolute Gasteiger partial charge is 0.375 e. The van der Waals surface area contributed by atoms with Crippen molar-refractivity contribution in [1.29, 1.82) is 0 Å².